The molecule has 7 nitrogen and oxygen atoms in total. The molecule has 0 aromatic heterocycles. The second kappa shape index (κ2) is 11.8. The summed E-state index contributed by atoms with van der Waals surface area (Å²) in [5, 5.41) is 0.632. The summed E-state index contributed by atoms with van der Waals surface area (Å²) in [5.74, 6) is -3.67. The maximum Gasteiger partial charge on any atom is 0.573 e. The van der Waals surface area contributed by atoms with E-state index in [-0.39, 0.29) is 41.8 Å². The van der Waals surface area contributed by atoms with Gasteiger partial charge in [0.15, 0.2) is 11.6 Å². The van der Waals surface area contributed by atoms with Crippen LogP contribution in [0.5, 0.6) is 5.75 Å². The number of carbonyl (C=O) groups is 3. The molecule has 1 saturated carbocycles. The number of piperidine rings is 1. The van der Waals surface area contributed by atoms with E-state index in [0.717, 1.165) is 30.5 Å². The van der Waals surface area contributed by atoms with Crippen LogP contribution in [0.1, 0.15) is 54.4 Å². The second-order valence-electron chi connectivity index (χ2n) is 11.8. The Morgan fingerprint density at radius 3 is 2.26 bits per heavy atom. The molecule has 5 rings (SSSR count). The number of benzene rings is 2. The molecule has 2 aliphatic heterocycles. The highest BCUT2D eigenvalue weighted by Crippen LogP contribution is 2.47. The standard InChI is InChI=1S/C30H31Cl2F4N3O4/c1-29(9-10-29)28(42)38-11-7-17(8-12-38)27(41)39-15-20(18-3-5-21(31)22(32)13-18)24(16-39)37(2)26(40)19-4-6-23(33)25(14-19)43-30(34,35)36/h3-6,13-14,17,20,24H,7-12,15-16H2,1-2H3/t20-,24+/m1/s1. The lowest BCUT2D eigenvalue weighted by Gasteiger charge is -2.34. The average Bonchev–Trinajstić information content (AvgIpc) is 3.56. The Labute approximate surface area is 256 Å². The van der Waals surface area contributed by atoms with Gasteiger partial charge in [-0.3, -0.25) is 14.4 Å². The molecule has 0 bridgehead atoms. The van der Waals surface area contributed by atoms with Gasteiger partial charge in [0.25, 0.3) is 5.91 Å². The minimum Gasteiger partial charge on any atom is -0.403 e. The SMILES string of the molecule is CN(C(=O)c1ccc(F)c(OC(F)(F)F)c1)[C@H]1CN(C(=O)C2CCN(C(=O)C3(C)CC3)CC2)C[C@@H]1c1ccc(Cl)c(Cl)c1. The van der Waals surface area contributed by atoms with Crippen LogP contribution in [-0.4, -0.2) is 78.1 Å². The predicted molar refractivity (Wildman–Crippen MR) is 151 cm³/mol. The first-order valence-corrected chi connectivity index (χ1v) is 14.8. The van der Waals surface area contributed by atoms with Gasteiger partial charge in [0, 0.05) is 56.0 Å². The summed E-state index contributed by atoms with van der Waals surface area (Å²) in [6.07, 6.45) is -2.30. The van der Waals surface area contributed by atoms with E-state index >= 15 is 0 Å². The van der Waals surface area contributed by atoms with Crippen LogP contribution in [0.2, 0.25) is 10.0 Å². The Bertz CT molecular complexity index is 1430. The highest BCUT2D eigenvalue weighted by atomic mass is 35.5. The summed E-state index contributed by atoms with van der Waals surface area (Å²) < 4.78 is 56.1. The van der Waals surface area contributed by atoms with Crippen LogP contribution in [0.15, 0.2) is 36.4 Å². The molecule has 2 aromatic rings. The van der Waals surface area contributed by atoms with Crippen molar-refractivity contribution < 1.29 is 36.7 Å². The van der Waals surface area contributed by atoms with Gasteiger partial charge in [-0.15, -0.1) is 13.2 Å². The fourth-order valence-corrected chi connectivity index (χ4v) is 6.30. The van der Waals surface area contributed by atoms with Crippen molar-refractivity contribution in [3.63, 3.8) is 0 Å². The summed E-state index contributed by atoms with van der Waals surface area (Å²) in [5.41, 5.74) is 0.253. The quantitative estimate of drug-likeness (QED) is 0.355. The molecule has 1 aliphatic carbocycles. The van der Waals surface area contributed by atoms with E-state index < -0.39 is 35.8 Å². The molecule has 0 radical (unpaired) electrons. The summed E-state index contributed by atoms with van der Waals surface area (Å²) >= 11 is 12.4. The lowest BCUT2D eigenvalue weighted by Crippen LogP contribution is -2.46. The van der Waals surface area contributed by atoms with Gasteiger partial charge in [0.1, 0.15) is 0 Å². The molecular weight excluding hydrogens is 613 g/mol. The minimum absolute atomic E-state index is 0.0826. The maximum atomic E-state index is 14.0. The Balaban J connectivity index is 1.35. The smallest absolute Gasteiger partial charge is 0.403 e. The maximum absolute atomic E-state index is 14.0. The zero-order valence-corrected chi connectivity index (χ0v) is 25.1. The number of hydrogen-bond donors (Lipinski definition) is 0. The van der Waals surface area contributed by atoms with Crippen LogP contribution in [0.25, 0.3) is 0 Å². The molecule has 3 fully saturated rings. The zero-order chi connectivity index (χ0) is 31.3. The molecule has 0 unspecified atom stereocenters. The summed E-state index contributed by atoms with van der Waals surface area (Å²) in [7, 11) is 1.49. The van der Waals surface area contributed by atoms with E-state index in [4.69, 9.17) is 23.2 Å². The van der Waals surface area contributed by atoms with E-state index in [1.165, 1.54) is 11.9 Å². The number of ether oxygens (including phenoxy) is 1. The van der Waals surface area contributed by atoms with Crippen LogP contribution in [0, 0.1) is 17.2 Å². The van der Waals surface area contributed by atoms with E-state index in [9.17, 15) is 31.9 Å². The molecule has 3 amide bonds. The van der Waals surface area contributed by atoms with Crippen LogP contribution in [0.4, 0.5) is 17.6 Å². The first-order valence-electron chi connectivity index (χ1n) is 14.0. The normalized spacial score (nSPS) is 22.0. The number of amides is 3. The Morgan fingerprint density at radius 1 is 0.977 bits per heavy atom. The van der Waals surface area contributed by atoms with Crippen molar-refractivity contribution in [1.29, 1.82) is 0 Å². The molecule has 2 aromatic carbocycles. The average molecular weight is 644 g/mol. The first-order chi connectivity index (χ1) is 20.2. The number of halogens is 6. The van der Waals surface area contributed by atoms with E-state index in [0.29, 0.717) is 42.0 Å². The molecule has 43 heavy (non-hydrogen) atoms. The fraction of sp³-hybridized carbons (Fsp3) is 0.500. The topological polar surface area (TPSA) is 70.2 Å². The Morgan fingerprint density at radius 2 is 1.65 bits per heavy atom. The van der Waals surface area contributed by atoms with Crippen molar-refractivity contribution in [3.8, 4) is 5.75 Å². The number of hydrogen-bond acceptors (Lipinski definition) is 4. The van der Waals surface area contributed by atoms with E-state index in [2.05, 4.69) is 4.74 Å². The van der Waals surface area contributed by atoms with Crippen LogP contribution >= 0.6 is 23.2 Å². The molecule has 2 atom stereocenters. The Hall–Kier alpha value is -3.05. The van der Waals surface area contributed by atoms with Crippen molar-refractivity contribution in [1.82, 2.24) is 14.7 Å². The molecule has 2 saturated heterocycles. The molecule has 0 N–H and O–H groups in total. The zero-order valence-electron chi connectivity index (χ0n) is 23.6. The van der Waals surface area contributed by atoms with Gasteiger partial charge in [-0.1, -0.05) is 36.2 Å². The third kappa shape index (κ3) is 6.72. The highest BCUT2D eigenvalue weighted by Gasteiger charge is 2.48. The monoisotopic (exact) mass is 643 g/mol. The summed E-state index contributed by atoms with van der Waals surface area (Å²) in [6.45, 7) is 3.40. The van der Waals surface area contributed by atoms with Gasteiger partial charge in [-0.05, 0) is 61.6 Å². The van der Waals surface area contributed by atoms with Crippen molar-refractivity contribution >= 4 is 40.9 Å². The van der Waals surface area contributed by atoms with Crippen LogP contribution in [0.3, 0.4) is 0 Å². The number of carbonyl (C=O) groups excluding carboxylic acids is 3. The number of likely N-dealkylation sites (N-methyl/N-ethyl adjacent to an activating group) is 1. The Kier molecular flexibility index (Phi) is 8.61. The fourth-order valence-electron chi connectivity index (χ4n) is 5.99. The van der Waals surface area contributed by atoms with E-state index in [1.54, 1.807) is 23.1 Å². The molecular formula is C30H31Cl2F4N3O4. The highest BCUT2D eigenvalue weighted by molar-refractivity contribution is 6.42. The summed E-state index contributed by atoms with van der Waals surface area (Å²) in [4.78, 5) is 44.9. The number of rotatable bonds is 6. The van der Waals surface area contributed by atoms with Gasteiger partial charge >= 0.3 is 6.36 Å². The second-order valence-corrected chi connectivity index (χ2v) is 12.6. The molecule has 2 heterocycles. The van der Waals surface area contributed by atoms with Gasteiger partial charge in [0.05, 0.1) is 16.1 Å². The third-order valence-electron chi connectivity index (χ3n) is 8.84. The summed E-state index contributed by atoms with van der Waals surface area (Å²) in [6, 6.07) is 7.01. The van der Waals surface area contributed by atoms with Crippen molar-refractivity contribution in [2.24, 2.45) is 11.3 Å². The lowest BCUT2D eigenvalue weighted by molar-refractivity contribution is -0.275. The van der Waals surface area contributed by atoms with Gasteiger partial charge in [0.2, 0.25) is 11.8 Å². The van der Waals surface area contributed by atoms with Crippen molar-refractivity contribution in [3.05, 3.63) is 63.4 Å². The molecule has 0 spiro atoms. The largest absolute Gasteiger partial charge is 0.573 e. The van der Waals surface area contributed by atoms with Crippen LogP contribution in [-0.2, 0) is 9.59 Å². The van der Waals surface area contributed by atoms with Crippen LogP contribution < -0.4 is 4.74 Å². The molecule has 13 heteroatoms. The number of likely N-dealkylation sites (tertiary alicyclic amines) is 2. The number of alkyl halides is 3. The van der Waals surface area contributed by atoms with Gasteiger partial charge in [-0.25, -0.2) is 4.39 Å². The number of nitrogens with zero attached hydrogens (tertiary/aromatic N) is 3. The predicted octanol–water partition coefficient (Wildman–Crippen LogP) is 6.14. The minimum atomic E-state index is -5.14. The van der Waals surface area contributed by atoms with Gasteiger partial charge in [-0.2, -0.15) is 0 Å². The van der Waals surface area contributed by atoms with Crippen molar-refractivity contribution in [2.45, 2.75) is 50.9 Å². The lowest BCUT2D eigenvalue weighted by atomic mass is 9.93. The van der Waals surface area contributed by atoms with Gasteiger partial charge < -0.3 is 19.4 Å². The van der Waals surface area contributed by atoms with E-state index in [1.807, 2.05) is 11.8 Å². The molecule has 232 valence electrons. The first kappa shape index (κ1) is 31.4. The molecule has 3 aliphatic rings. The van der Waals surface area contributed by atoms with Crippen molar-refractivity contribution in [2.75, 3.05) is 33.2 Å². The third-order valence-corrected chi connectivity index (χ3v) is 9.58.